The Labute approximate surface area is 163 Å². The second kappa shape index (κ2) is 8.31. The average molecular weight is 389 g/mol. The van der Waals surface area contributed by atoms with Crippen LogP contribution in [0.1, 0.15) is 13.3 Å². The van der Waals surface area contributed by atoms with E-state index in [1.54, 1.807) is 23.1 Å². The van der Waals surface area contributed by atoms with Crippen LogP contribution in [0.4, 0.5) is 11.4 Å². The Bertz CT molecular complexity index is 838. The Balaban J connectivity index is 1.69. The molecule has 1 atom stereocenters. The van der Waals surface area contributed by atoms with E-state index in [1.807, 2.05) is 31.2 Å². The third kappa shape index (κ3) is 4.34. The number of hydrogen-bond donors (Lipinski definition) is 1. The maximum Gasteiger partial charge on any atom is 0.229 e. The minimum absolute atomic E-state index is 0.0858. The lowest BCUT2D eigenvalue weighted by atomic mass is 10.1. The number of nitrogens with one attached hydrogen (secondary N) is 1. The van der Waals surface area contributed by atoms with Crippen molar-refractivity contribution in [3.63, 3.8) is 0 Å². The third-order valence-corrected chi connectivity index (χ3v) is 4.61. The molecule has 0 bridgehead atoms. The molecule has 2 amide bonds. The van der Waals surface area contributed by atoms with Gasteiger partial charge in [-0.3, -0.25) is 9.59 Å². The zero-order valence-electron chi connectivity index (χ0n) is 15.2. The fourth-order valence-electron chi connectivity index (χ4n) is 3.03. The minimum atomic E-state index is -0.451. The van der Waals surface area contributed by atoms with Gasteiger partial charge in [0.25, 0.3) is 0 Å². The number of rotatable bonds is 6. The van der Waals surface area contributed by atoms with Gasteiger partial charge in [0.2, 0.25) is 11.8 Å². The van der Waals surface area contributed by atoms with Gasteiger partial charge in [-0.2, -0.15) is 0 Å². The van der Waals surface area contributed by atoms with Crippen molar-refractivity contribution >= 4 is 34.8 Å². The Kier molecular flexibility index (Phi) is 5.86. The summed E-state index contributed by atoms with van der Waals surface area (Å²) in [6.07, 6.45) is 0.155. The van der Waals surface area contributed by atoms with Crippen LogP contribution < -0.4 is 19.7 Å². The molecule has 0 aromatic heterocycles. The topological polar surface area (TPSA) is 67.9 Å². The van der Waals surface area contributed by atoms with Crippen molar-refractivity contribution in [2.75, 3.05) is 30.5 Å². The Morgan fingerprint density at radius 2 is 2.00 bits per heavy atom. The number of carbonyl (C=O) groups is 2. The van der Waals surface area contributed by atoms with Crippen LogP contribution in [-0.4, -0.2) is 32.1 Å². The van der Waals surface area contributed by atoms with E-state index >= 15 is 0 Å². The molecule has 1 N–H and O–H groups in total. The summed E-state index contributed by atoms with van der Waals surface area (Å²) in [6.45, 7) is 2.81. The van der Waals surface area contributed by atoms with Crippen molar-refractivity contribution in [1.29, 1.82) is 0 Å². The van der Waals surface area contributed by atoms with Crippen LogP contribution >= 0.6 is 11.6 Å². The SMILES string of the molecule is CCOc1ccc(N2CC(C(=O)Nc3cc(Cl)ccc3OC)CC2=O)cc1. The average Bonchev–Trinajstić information content (AvgIpc) is 3.05. The lowest BCUT2D eigenvalue weighted by Crippen LogP contribution is -2.28. The summed E-state index contributed by atoms with van der Waals surface area (Å²) >= 11 is 6.00. The first kappa shape index (κ1) is 19.0. The quantitative estimate of drug-likeness (QED) is 0.818. The lowest BCUT2D eigenvalue weighted by Gasteiger charge is -2.17. The zero-order chi connectivity index (χ0) is 19.4. The molecule has 1 aliphatic heterocycles. The molecule has 142 valence electrons. The first-order valence-electron chi connectivity index (χ1n) is 8.69. The highest BCUT2D eigenvalue weighted by molar-refractivity contribution is 6.31. The predicted octanol–water partition coefficient (Wildman–Crippen LogP) is 3.74. The van der Waals surface area contributed by atoms with E-state index in [0.717, 1.165) is 11.4 Å². The third-order valence-electron chi connectivity index (χ3n) is 4.37. The number of anilines is 2. The molecule has 1 heterocycles. The maximum atomic E-state index is 12.6. The minimum Gasteiger partial charge on any atom is -0.495 e. The molecule has 7 heteroatoms. The van der Waals surface area contributed by atoms with Gasteiger partial charge in [-0.1, -0.05) is 11.6 Å². The van der Waals surface area contributed by atoms with E-state index < -0.39 is 5.92 Å². The van der Waals surface area contributed by atoms with Crippen LogP contribution in [0, 0.1) is 5.92 Å². The molecule has 27 heavy (non-hydrogen) atoms. The molecule has 1 saturated heterocycles. The second-order valence-electron chi connectivity index (χ2n) is 6.17. The van der Waals surface area contributed by atoms with E-state index in [1.165, 1.54) is 7.11 Å². The predicted molar refractivity (Wildman–Crippen MR) is 105 cm³/mol. The Hall–Kier alpha value is -2.73. The number of hydrogen-bond acceptors (Lipinski definition) is 4. The number of carbonyl (C=O) groups excluding carboxylic acids is 2. The molecule has 1 aliphatic rings. The molecule has 1 unspecified atom stereocenters. The van der Waals surface area contributed by atoms with Crippen molar-refractivity contribution in [1.82, 2.24) is 0 Å². The zero-order valence-corrected chi connectivity index (χ0v) is 16.0. The molecule has 0 aliphatic carbocycles. The summed E-state index contributed by atoms with van der Waals surface area (Å²) in [4.78, 5) is 26.7. The first-order chi connectivity index (χ1) is 13.0. The Morgan fingerprint density at radius 1 is 1.26 bits per heavy atom. The number of nitrogens with zero attached hydrogens (tertiary/aromatic N) is 1. The smallest absolute Gasteiger partial charge is 0.229 e. The molecule has 0 spiro atoms. The molecule has 2 aromatic carbocycles. The van der Waals surface area contributed by atoms with Crippen molar-refractivity contribution in [3.05, 3.63) is 47.5 Å². The van der Waals surface area contributed by atoms with Crippen LogP contribution in [0.3, 0.4) is 0 Å². The number of amides is 2. The summed E-state index contributed by atoms with van der Waals surface area (Å²) in [5, 5.41) is 3.31. The highest BCUT2D eigenvalue weighted by atomic mass is 35.5. The largest absolute Gasteiger partial charge is 0.495 e. The van der Waals surface area contributed by atoms with E-state index in [4.69, 9.17) is 21.1 Å². The number of ether oxygens (including phenoxy) is 2. The molecule has 1 fully saturated rings. The van der Waals surface area contributed by atoms with Crippen molar-refractivity contribution in [3.8, 4) is 11.5 Å². The summed E-state index contributed by atoms with van der Waals surface area (Å²) in [6, 6.07) is 12.3. The molecule has 2 aromatic rings. The molecular formula is C20H21ClN2O4. The van der Waals surface area contributed by atoms with Gasteiger partial charge in [-0.15, -0.1) is 0 Å². The van der Waals surface area contributed by atoms with Crippen LogP contribution in [0.2, 0.25) is 5.02 Å². The van der Waals surface area contributed by atoms with E-state index in [-0.39, 0.29) is 18.2 Å². The highest BCUT2D eigenvalue weighted by Crippen LogP contribution is 2.31. The van der Waals surface area contributed by atoms with Crippen LogP contribution in [-0.2, 0) is 9.59 Å². The van der Waals surface area contributed by atoms with Gasteiger partial charge in [0.15, 0.2) is 0 Å². The van der Waals surface area contributed by atoms with Gasteiger partial charge in [0.05, 0.1) is 25.3 Å². The monoisotopic (exact) mass is 388 g/mol. The van der Waals surface area contributed by atoms with E-state index in [2.05, 4.69) is 5.32 Å². The standard InChI is InChI=1S/C20H21ClN2O4/c1-3-27-16-7-5-15(6-8-16)23-12-13(10-19(23)24)20(25)22-17-11-14(21)4-9-18(17)26-2/h4-9,11,13H,3,10,12H2,1-2H3,(H,22,25). The van der Waals surface area contributed by atoms with E-state index in [0.29, 0.717) is 29.6 Å². The molecule has 0 radical (unpaired) electrons. The van der Waals surface area contributed by atoms with Crippen LogP contribution in [0.15, 0.2) is 42.5 Å². The summed E-state index contributed by atoms with van der Waals surface area (Å²) < 4.78 is 10.7. The molecule has 0 saturated carbocycles. The highest BCUT2D eigenvalue weighted by Gasteiger charge is 2.35. The maximum absolute atomic E-state index is 12.6. The summed E-state index contributed by atoms with van der Waals surface area (Å²) in [5.74, 6) is 0.484. The number of methoxy groups -OCH3 is 1. The van der Waals surface area contributed by atoms with Crippen molar-refractivity contribution < 1.29 is 19.1 Å². The molecular weight excluding hydrogens is 368 g/mol. The normalized spacial score (nSPS) is 16.3. The van der Waals surface area contributed by atoms with E-state index in [9.17, 15) is 9.59 Å². The summed E-state index contributed by atoms with van der Waals surface area (Å²) in [7, 11) is 1.52. The van der Waals surface area contributed by atoms with Crippen molar-refractivity contribution in [2.24, 2.45) is 5.92 Å². The number of benzene rings is 2. The van der Waals surface area contributed by atoms with Crippen LogP contribution in [0.5, 0.6) is 11.5 Å². The van der Waals surface area contributed by atoms with Crippen molar-refractivity contribution in [2.45, 2.75) is 13.3 Å². The number of halogens is 1. The van der Waals surface area contributed by atoms with Gasteiger partial charge >= 0.3 is 0 Å². The van der Waals surface area contributed by atoms with Gasteiger partial charge in [-0.05, 0) is 49.4 Å². The molecule has 3 rings (SSSR count). The Morgan fingerprint density at radius 3 is 2.67 bits per heavy atom. The summed E-state index contributed by atoms with van der Waals surface area (Å²) in [5.41, 5.74) is 1.24. The fourth-order valence-corrected chi connectivity index (χ4v) is 3.21. The van der Waals surface area contributed by atoms with Gasteiger partial charge in [-0.25, -0.2) is 0 Å². The second-order valence-corrected chi connectivity index (χ2v) is 6.60. The van der Waals surface area contributed by atoms with Gasteiger partial charge < -0.3 is 19.7 Å². The fraction of sp³-hybridized carbons (Fsp3) is 0.300. The molecule has 6 nitrogen and oxygen atoms in total. The van der Waals surface area contributed by atoms with Crippen LogP contribution in [0.25, 0.3) is 0 Å². The first-order valence-corrected chi connectivity index (χ1v) is 9.07. The van der Waals surface area contributed by atoms with Gasteiger partial charge in [0.1, 0.15) is 11.5 Å². The lowest BCUT2D eigenvalue weighted by molar-refractivity contribution is -0.122. The van der Waals surface area contributed by atoms with Gasteiger partial charge in [0, 0.05) is 23.7 Å².